The maximum absolute atomic E-state index is 11.4. The maximum atomic E-state index is 11.4. The van der Waals surface area contributed by atoms with Crippen LogP contribution in [-0.4, -0.2) is 44.5 Å². The summed E-state index contributed by atoms with van der Waals surface area (Å²) in [4.78, 5) is 15.5. The van der Waals surface area contributed by atoms with Crippen molar-refractivity contribution >= 4 is 21.6 Å². The summed E-state index contributed by atoms with van der Waals surface area (Å²) in [6, 6.07) is 3.53. The van der Waals surface area contributed by atoms with E-state index in [0.29, 0.717) is 5.82 Å². The first-order valence-electron chi connectivity index (χ1n) is 7.57. The van der Waals surface area contributed by atoms with Gasteiger partial charge < -0.3 is 15.8 Å². The molecule has 8 heteroatoms. The number of nitrogens with two attached hydrogens (primary N) is 1. The highest BCUT2D eigenvalue weighted by molar-refractivity contribution is 7.90. The van der Waals surface area contributed by atoms with Crippen molar-refractivity contribution in [3.05, 3.63) is 17.7 Å². The number of nitrogens with one attached hydrogen (secondary N) is 1. The first kappa shape index (κ1) is 17.5. The summed E-state index contributed by atoms with van der Waals surface area (Å²) in [7, 11) is -1.48. The molecule has 0 unspecified atom stereocenters. The number of amides is 1. The molecule has 1 amide bonds. The van der Waals surface area contributed by atoms with E-state index in [1.54, 1.807) is 12.1 Å². The molecule has 1 saturated carbocycles. The van der Waals surface area contributed by atoms with E-state index < -0.39 is 15.7 Å². The quantitative estimate of drug-likeness (QED) is 0.804. The number of aromatic nitrogens is 1. The number of sulfone groups is 1. The van der Waals surface area contributed by atoms with Crippen molar-refractivity contribution in [3.63, 3.8) is 0 Å². The van der Waals surface area contributed by atoms with Gasteiger partial charge in [0.25, 0.3) is 5.91 Å². The summed E-state index contributed by atoms with van der Waals surface area (Å²) in [5, 5.41) is 3.31. The van der Waals surface area contributed by atoms with Gasteiger partial charge in [-0.2, -0.15) is 4.98 Å². The van der Waals surface area contributed by atoms with Crippen LogP contribution in [0.2, 0.25) is 0 Å². The molecule has 23 heavy (non-hydrogen) atoms. The molecule has 1 aromatic heterocycles. The lowest BCUT2D eigenvalue weighted by Gasteiger charge is -2.29. The lowest BCUT2D eigenvalue weighted by Crippen LogP contribution is -2.29. The second-order valence-corrected chi connectivity index (χ2v) is 8.26. The van der Waals surface area contributed by atoms with Crippen LogP contribution in [0.5, 0.6) is 5.88 Å². The largest absolute Gasteiger partial charge is 0.480 e. The van der Waals surface area contributed by atoms with Gasteiger partial charge in [0.1, 0.15) is 21.2 Å². The smallest absolute Gasteiger partial charge is 0.254 e. The SMILES string of the molecule is COc1nc(NC2CCC(CS(C)(=O)=O)CC2)ccc1C(N)=O. The molecule has 0 saturated heterocycles. The Morgan fingerprint density at radius 1 is 1.35 bits per heavy atom. The number of nitrogens with zero attached hydrogens (tertiary/aromatic N) is 1. The number of carbonyl (C=O) groups excluding carboxylic acids is 1. The van der Waals surface area contributed by atoms with Crippen molar-refractivity contribution in [1.29, 1.82) is 0 Å². The van der Waals surface area contributed by atoms with Crippen LogP contribution in [0.1, 0.15) is 36.0 Å². The van der Waals surface area contributed by atoms with Gasteiger partial charge >= 0.3 is 0 Å². The predicted octanol–water partition coefficient (Wildman–Crippen LogP) is 1.20. The van der Waals surface area contributed by atoms with Crippen molar-refractivity contribution in [2.45, 2.75) is 31.7 Å². The van der Waals surface area contributed by atoms with Crippen molar-refractivity contribution in [1.82, 2.24) is 4.98 Å². The predicted molar refractivity (Wildman–Crippen MR) is 88.4 cm³/mol. The molecule has 0 radical (unpaired) electrons. The summed E-state index contributed by atoms with van der Waals surface area (Å²) in [5.74, 6) is 0.746. The van der Waals surface area contributed by atoms with Crippen molar-refractivity contribution in [3.8, 4) is 5.88 Å². The number of rotatable bonds is 6. The Hall–Kier alpha value is -1.83. The van der Waals surface area contributed by atoms with Crippen LogP contribution in [0.15, 0.2) is 12.1 Å². The van der Waals surface area contributed by atoms with E-state index in [9.17, 15) is 13.2 Å². The average molecular weight is 341 g/mol. The van der Waals surface area contributed by atoms with Gasteiger partial charge in [0, 0.05) is 12.3 Å². The second-order valence-electron chi connectivity index (χ2n) is 6.07. The Morgan fingerprint density at radius 2 is 2.00 bits per heavy atom. The van der Waals surface area contributed by atoms with E-state index in [1.165, 1.54) is 13.4 Å². The van der Waals surface area contributed by atoms with Crippen LogP contribution in [-0.2, 0) is 9.84 Å². The van der Waals surface area contributed by atoms with Crippen LogP contribution in [0.3, 0.4) is 0 Å². The number of methoxy groups -OCH3 is 1. The Morgan fingerprint density at radius 3 is 2.52 bits per heavy atom. The van der Waals surface area contributed by atoms with E-state index >= 15 is 0 Å². The number of anilines is 1. The number of hydrogen-bond donors (Lipinski definition) is 2. The summed E-state index contributed by atoms with van der Waals surface area (Å²) < 4.78 is 27.8. The molecular weight excluding hydrogens is 318 g/mol. The molecule has 1 fully saturated rings. The number of carbonyl (C=O) groups is 1. The highest BCUT2D eigenvalue weighted by Crippen LogP contribution is 2.28. The number of primary amides is 1. The van der Waals surface area contributed by atoms with Crippen LogP contribution >= 0.6 is 0 Å². The van der Waals surface area contributed by atoms with E-state index in [2.05, 4.69) is 10.3 Å². The van der Waals surface area contributed by atoms with Gasteiger partial charge in [0.05, 0.1) is 12.9 Å². The molecule has 2 rings (SSSR count). The number of hydrogen-bond acceptors (Lipinski definition) is 6. The molecule has 7 nitrogen and oxygen atoms in total. The fourth-order valence-corrected chi connectivity index (χ4v) is 4.16. The molecule has 0 bridgehead atoms. The third kappa shape index (κ3) is 5.09. The molecule has 0 spiro atoms. The van der Waals surface area contributed by atoms with Gasteiger partial charge in [-0.25, -0.2) is 8.42 Å². The number of ether oxygens (including phenoxy) is 1. The summed E-state index contributed by atoms with van der Waals surface area (Å²) in [6.45, 7) is 0. The lowest BCUT2D eigenvalue weighted by molar-refractivity contribution is 0.0996. The molecule has 128 valence electrons. The van der Waals surface area contributed by atoms with Crippen molar-refractivity contribution in [2.75, 3.05) is 24.4 Å². The van der Waals surface area contributed by atoms with Gasteiger partial charge in [0.2, 0.25) is 5.88 Å². The Labute approximate surface area is 136 Å². The zero-order valence-electron chi connectivity index (χ0n) is 13.4. The minimum absolute atomic E-state index is 0.202. The third-order valence-electron chi connectivity index (χ3n) is 4.06. The zero-order valence-corrected chi connectivity index (χ0v) is 14.2. The van der Waals surface area contributed by atoms with Gasteiger partial charge in [-0.1, -0.05) is 0 Å². The molecule has 1 aliphatic rings. The zero-order chi connectivity index (χ0) is 17.0. The fraction of sp³-hybridized carbons (Fsp3) is 0.600. The Kier molecular flexibility index (Phi) is 5.46. The first-order chi connectivity index (χ1) is 10.8. The van der Waals surface area contributed by atoms with E-state index in [4.69, 9.17) is 10.5 Å². The monoisotopic (exact) mass is 341 g/mol. The normalized spacial score (nSPS) is 21.7. The maximum Gasteiger partial charge on any atom is 0.254 e. The minimum atomic E-state index is -2.92. The van der Waals surface area contributed by atoms with Crippen LogP contribution in [0.25, 0.3) is 0 Å². The topological polar surface area (TPSA) is 111 Å². The molecule has 0 aromatic carbocycles. The summed E-state index contributed by atoms with van der Waals surface area (Å²) >= 11 is 0. The molecule has 0 aliphatic heterocycles. The average Bonchev–Trinajstić information content (AvgIpc) is 2.47. The molecule has 1 aromatic rings. The highest BCUT2D eigenvalue weighted by Gasteiger charge is 2.24. The van der Waals surface area contributed by atoms with Crippen molar-refractivity contribution < 1.29 is 17.9 Å². The lowest BCUT2D eigenvalue weighted by atomic mass is 9.87. The van der Waals surface area contributed by atoms with Crippen LogP contribution < -0.4 is 15.8 Å². The third-order valence-corrected chi connectivity index (χ3v) is 5.13. The standard InChI is InChI=1S/C15H23N3O4S/c1-22-15-12(14(16)19)7-8-13(18-15)17-11-5-3-10(4-6-11)9-23(2,20)21/h7-8,10-11H,3-6,9H2,1-2H3,(H2,16,19)(H,17,18). The molecular formula is C15H23N3O4S. The fourth-order valence-electron chi connectivity index (χ4n) is 2.97. The Bertz CT molecular complexity index is 667. The van der Waals surface area contributed by atoms with E-state index in [1.807, 2.05) is 0 Å². The molecule has 1 aliphatic carbocycles. The molecule has 3 N–H and O–H groups in total. The first-order valence-corrected chi connectivity index (χ1v) is 9.63. The second kappa shape index (κ2) is 7.16. The van der Waals surface area contributed by atoms with E-state index in [-0.39, 0.29) is 29.2 Å². The van der Waals surface area contributed by atoms with Gasteiger partial charge in [-0.15, -0.1) is 0 Å². The Balaban J connectivity index is 1.95. The van der Waals surface area contributed by atoms with Gasteiger partial charge in [-0.05, 0) is 43.7 Å². The molecule has 1 heterocycles. The van der Waals surface area contributed by atoms with Crippen LogP contribution in [0, 0.1) is 5.92 Å². The van der Waals surface area contributed by atoms with Gasteiger partial charge in [-0.3, -0.25) is 4.79 Å². The van der Waals surface area contributed by atoms with Gasteiger partial charge in [0.15, 0.2) is 0 Å². The van der Waals surface area contributed by atoms with Crippen LogP contribution in [0.4, 0.5) is 5.82 Å². The van der Waals surface area contributed by atoms with Crippen molar-refractivity contribution in [2.24, 2.45) is 11.7 Å². The number of pyridine rings is 1. The van der Waals surface area contributed by atoms with E-state index in [0.717, 1.165) is 25.7 Å². The highest BCUT2D eigenvalue weighted by atomic mass is 32.2. The summed E-state index contributed by atoms with van der Waals surface area (Å²) in [6.07, 6.45) is 4.82. The summed E-state index contributed by atoms with van der Waals surface area (Å²) in [5.41, 5.74) is 5.51. The molecule has 0 atom stereocenters. The minimum Gasteiger partial charge on any atom is -0.480 e.